The molecule has 2 unspecified atom stereocenters. The van der Waals surface area contributed by atoms with Gasteiger partial charge in [0.25, 0.3) is 0 Å². The summed E-state index contributed by atoms with van der Waals surface area (Å²) in [4.78, 5) is 16.9. The molecule has 1 amide bonds. The highest BCUT2D eigenvalue weighted by molar-refractivity contribution is 7.16. The van der Waals surface area contributed by atoms with E-state index in [1.807, 2.05) is 12.2 Å². The number of carbonyl (C=O) groups is 1. The van der Waals surface area contributed by atoms with E-state index in [4.69, 9.17) is 5.73 Å². The average Bonchev–Trinajstić information content (AvgIpc) is 2.69. The summed E-state index contributed by atoms with van der Waals surface area (Å²) in [5.41, 5.74) is 5.72. The van der Waals surface area contributed by atoms with E-state index in [-0.39, 0.29) is 11.8 Å². The third-order valence-electron chi connectivity index (χ3n) is 3.20. The van der Waals surface area contributed by atoms with Crippen molar-refractivity contribution < 1.29 is 4.79 Å². The Balaban J connectivity index is 1.97. The van der Waals surface area contributed by atoms with Crippen LogP contribution in [0, 0.1) is 5.92 Å². The lowest BCUT2D eigenvalue weighted by Crippen LogP contribution is -2.26. The van der Waals surface area contributed by atoms with Crippen LogP contribution in [0.1, 0.15) is 23.6 Å². The third kappa shape index (κ3) is 1.86. The summed E-state index contributed by atoms with van der Waals surface area (Å²) in [5, 5.41) is 3.31. The molecule has 88 valence electrons. The van der Waals surface area contributed by atoms with Crippen LogP contribution in [0.5, 0.6) is 0 Å². The van der Waals surface area contributed by atoms with Crippen LogP contribution in [0.2, 0.25) is 0 Å². The van der Waals surface area contributed by atoms with E-state index in [1.165, 1.54) is 11.3 Å². The van der Waals surface area contributed by atoms with Gasteiger partial charge in [-0.05, 0) is 12.3 Å². The van der Waals surface area contributed by atoms with Gasteiger partial charge in [-0.3, -0.25) is 4.79 Å². The third-order valence-corrected chi connectivity index (χ3v) is 4.22. The molecule has 4 nitrogen and oxygen atoms in total. The SMILES string of the molecule is Nc1nc2c(s1)C(C1C=CC=CC1)CC(=O)N2. The zero-order chi connectivity index (χ0) is 11.8. The second-order valence-electron chi connectivity index (χ2n) is 4.34. The molecule has 0 saturated carbocycles. The zero-order valence-corrected chi connectivity index (χ0v) is 10.0. The van der Waals surface area contributed by atoms with Crippen LogP contribution in [-0.4, -0.2) is 10.9 Å². The zero-order valence-electron chi connectivity index (χ0n) is 9.22. The molecule has 1 aliphatic heterocycles. The van der Waals surface area contributed by atoms with Crippen LogP contribution in [0.15, 0.2) is 24.3 Å². The maximum Gasteiger partial charge on any atom is 0.226 e. The number of nitrogens with zero attached hydrogens (tertiary/aromatic N) is 1. The van der Waals surface area contributed by atoms with Crippen molar-refractivity contribution in [2.24, 2.45) is 5.92 Å². The molecule has 1 aromatic heterocycles. The maximum absolute atomic E-state index is 11.7. The molecule has 3 rings (SSSR count). The molecule has 17 heavy (non-hydrogen) atoms. The standard InChI is InChI=1S/C12H13N3OS/c13-12-15-11-10(17-12)8(6-9(16)14-11)7-4-2-1-3-5-7/h1-4,7-8H,5-6H2,(H2,13,15)(H,14,16). The van der Waals surface area contributed by atoms with Gasteiger partial charge in [-0.25, -0.2) is 4.98 Å². The molecule has 2 heterocycles. The molecule has 3 N–H and O–H groups in total. The van der Waals surface area contributed by atoms with E-state index in [2.05, 4.69) is 22.5 Å². The molecule has 0 saturated heterocycles. The topological polar surface area (TPSA) is 68.0 Å². The number of nitrogens with two attached hydrogens (primary N) is 1. The van der Waals surface area contributed by atoms with Gasteiger partial charge in [0.15, 0.2) is 5.13 Å². The normalized spacial score (nSPS) is 26.7. The number of carbonyl (C=O) groups excluding carboxylic acids is 1. The van der Waals surface area contributed by atoms with Crippen LogP contribution in [-0.2, 0) is 4.79 Å². The van der Waals surface area contributed by atoms with Gasteiger partial charge in [0.1, 0.15) is 5.82 Å². The van der Waals surface area contributed by atoms with Gasteiger partial charge in [-0.15, -0.1) is 0 Å². The van der Waals surface area contributed by atoms with E-state index in [0.29, 0.717) is 23.3 Å². The van der Waals surface area contributed by atoms with Gasteiger partial charge in [0, 0.05) is 12.3 Å². The van der Waals surface area contributed by atoms with Gasteiger partial charge in [0.2, 0.25) is 5.91 Å². The lowest BCUT2D eigenvalue weighted by atomic mass is 9.82. The number of anilines is 2. The molecule has 0 bridgehead atoms. The molecule has 0 spiro atoms. The molecule has 0 radical (unpaired) electrons. The quantitative estimate of drug-likeness (QED) is 0.800. The smallest absolute Gasteiger partial charge is 0.226 e. The van der Waals surface area contributed by atoms with Crippen LogP contribution in [0.4, 0.5) is 10.9 Å². The van der Waals surface area contributed by atoms with E-state index in [0.717, 1.165) is 11.3 Å². The van der Waals surface area contributed by atoms with Gasteiger partial charge in [-0.2, -0.15) is 0 Å². The second-order valence-corrected chi connectivity index (χ2v) is 5.40. The number of hydrogen-bond donors (Lipinski definition) is 2. The van der Waals surface area contributed by atoms with Crippen molar-refractivity contribution in [3.63, 3.8) is 0 Å². The van der Waals surface area contributed by atoms with E-state index >= 15 is 0 Å². The number of aromatic nitrogens is 1. The number of thiazole rings is 1. The fourth-order valence-corrected chi connectivity index (χ4v) is 3.37. The second kappa shape index (κ2) is 4.00. The van der Waals surface area contributed by atoms with Gasteiger partial charge in [-0.1, -0.05) is 35.6 Å². The van der Waals surface area contributed by atoms with E-state index in [1.54, 1.807) is 0 Å². The Hall–Kier alpha value is -1.62. The Morgan fingerprint density at radius 3 is 3.12 bits per heavy atom. The maximum atomic E-state index is 11.7. The lowest BCUT2D eigenvalue weighted by molar-refractivity contribution is -0.117. The van der Waals surface area contributed by atoms with Crippen molar-refractivity contribution >= 4 is 28.2 Å². The summed E-state index contributed by atoms with van der Waals surface area (Å²) in [6.45, 7) is 0. The number of nitrogens with one attached hydrogen (secondary N) is 1. The fourth-order valence-electron chi connectivity index (χ4n) is 2.41. The number of allylic oxidation sites excluding steroid dienone is 4. The van der Waals surface area contributed by atoms with Crippen LogP contribution in [0.25, 0.3) is 0 Å². The summed E-state index contributed by atoms with van der Waals surface area (Å²) in [5.74, 6) is 1.30. The minimum atomic E-state index is 0.0377. The first-order valence-corrected chi connectivity index (χ1v) is 6.45. The molecule has 0 aromatic carbocycles. The summed E-state index contributed by atoms with van der Waals surface area (Å²) in [7, 11) is 0. The predicted octanol–water partition coefficient (Wildman–Crippen LogP) is 2.28. The number of nitrogen functional groups attached to an aromatic ring is 1. The Bertz CT molecular complexity index is 518. The molecule has 0 fully saturated rings. The van der Waals surface area contributed by atoms with Gasteiger partial charge < -0.3 is 11.1 Å². The van der Waals surface area contributed by atoms with Crippen LogP contribution >= 0.6 is 11.3 Å². The largest absolute Gasteiger partial charge is 0.375 e. The monoisotopic (exact) mass is 247 g/mol. The summed E-state index contributed by atoms with van der Waals surface area (Å²) >= 11 is 1.49. The van der Waals surface area contributed by atoms with Gasteiger partial charge >= 0.3 is 0 Å². The van der Waals surface area contributed by atoms with Crippen LogP contribution in [0.3, 0.4) is 0 Å². The highest BCUT2D eigenvalue weighted by Gasteiger charge is 2.33. The van der Waals surface area contributed by atoms with Crippen molar-refractivity contribution in [3.05, 3.63) is 29.2 Å². The van der Waals surface area contributed by atoms with E-state index < -0.39 is 0 Å². The van der Waals surface area contributed by atoms with Crippen LogP contribution < -0.4 is 11.1 Å². The molecular weight excluding hydrogens is 234 g/mol. The van der Waals surface area contributed by atoms with Crippen molar-refractivity contribution in [1.82, 2.24) is 4.98 Å². The van der Waals surface area contributed by atoms with Crippen molar-refractivity contribution in [1.29, 1.82) is 0 Å². The first kappa shape index (κ1) is 10.5. The highest BCUT2D eigenvalue weighted by Crippen LogP contribution is 2.43. The minimum absolute atomic E-state index is 0.0377. The Morgan fingerprint density at radius 1 is 1.47 bits per heavy atom. The van der Waals surface area contributed by atoms with E-state index in [9.17, 15) is 4.79 Å². The Kier molecular flexibility index (Phi) is 2.48. The highest BCUT2D eigenvalue weighted by atomic mass is 32.1. The summed E-state index contributed by atoms with van der Waals surface area (Å²) in [6, 6.07) is 0. The molecule has 2 atom stereocenters. The van der Waals surface area contributed by atoms with Crippen molar-refractivity contribution in [2.75, 3.05) is 11.1 Å². The van der Waals surface area contributed by atoms with Gasteiger partial charge in [0.05, 0.1) is 4.88 Å². The first-order valence-electron chi connectivity index (χ1n) is 5.63. The van der Waals surface area contributed by atoms with Crippen molar-refractivity contribution in [3.8, 4) is 0 Å². The summed E-state index contributed by atoms with van der Waals surface area (Å²) in [6.07, 6.45) is 9.90. The lowest BCUT2D eigenvalue weighted by Gasteiger charge is -2.27. The molecule has 1 aromatic rings. The molecule has 5 heteroatoms. The summed E-state index contributed by atoms with van der Waals surface area (Å²) < 4.78 is 0. The Labute approximate surface area is 103 Å². The van der Waals surface area contributed by atoms with Crippen molar-refractivity contribution in [2.45, 2.75) is 18.8 Å². The average molecular weight is 247 g/mol. The Morgan fingerprint density at radius 2 is 2.35 bits per heavy atom. The number of hydrogen-bond acceptors (Lipinski definition) is 4. The predicted molar refractivity (Wildman–Crippen MR) is 68.9 cm³/mol. The molecule has 1 aliphatic carbocycles. The number of amides is 1. The molecular formula is C12H13N3OS. The number of rotatable bonds is 1. The fraction of sp³-hybridized carbons (Fsp3) is 0.333. The molecule has 2 aliphatic rings. The minimum Gasteiger partial charge on any atom is -0.375 e. The first-order chi connectivity index (χ1) is 8.24. The number of fused-ring (bicyclic) bond motifs is 1.